The molecule has 2 aromatic rings. The molecule has 0 radical (unpaired) electrons. The highest BCUT2D eigenvalue weighted by atomic mass is 32.2. The molecule has 1 atom stereocenters. The summed E-state index contributed by atoms with van der Waals surface area (Å²) < 4.78 is 0. The molecule has 0 spiro atoms. The highest BCUT2D eigenvalue weighted by molar-refractivity contribution is 8.03. The molecule has 0 saturated carbocycles. The number of hydrogen-bond donors (Lipinski definition) is 3. The van der Waals surface area contributed by atoms with E-state index >= 15 is 0 Å². The maximum Gasteiger partial charge on any atom is 0.268 e. The molecule has 0 aliphatic carbocycles. The van der Waals surface area contributed by atoms with E-state index < -0.39 is 0 Å². The zero-order valence-corrected chi connectivity index (χ0v) is 12.8. The van der Waals surface area contributed by atoms with Crippen molar-refractivity contribution in [1.82, 2.24) is 10.6 Å². The van der Waals surface area contributed by atoms with Crippen molar-refractivity contribution in [1.29, 1.82) is 0 Å². The van der Waals surface area contributed by atoms with Crippen LogP contribution in [0.5, 0.6) is 0 Å². The molecule has 1 heterocycles. The van der Waals surface area contributed by atoms with Gasteiger partial charge in [0.15, 0.2) is 0 Å². The normalized spacial score (nSPS) is 16.5. The van der Waals surface area contributed by atoms with Crippen LogP contribution in [0, 0.1) is 0 Å². The maximum absolute atomic E-state index is 12.1. The smallest absolute Gasteiger partial charge is 0.268 e. The summed E-state index contributed by atoms with van der Waals surface area (Å²) >= 11 is 1.55. The summed E-state index contributed by atoms with van der Waals surface area (Å²) in [5, 5.41) is 11.3. The lowest BCUT2D eigenvalue weighted by Crippen LogP contribution is -2.35. The van der Waals surface area contributed by atoms with Gasteiger partial charge in [-0.25, -0.2) is 0 Å². The minimum absolute atomic E-state index is 0.0279. The first-order valence-corrected chi connectivity index (χ1v) is 8.01. The highest BCUT2D eigenvalue weighted by Crippen LogP contribution is 2.22. The van der Waals surface area contributed by atoms with Gasteiger partial charge in [0, 0.05) is 17.6 Å². The molecule has 1 unspecified atom stereocenters. The lowest BCUT2D eigenvalue weighted by atomic mass is 10.2. The van der Waals surface area contributed by atoms with Gasteiger partial charge in [-0.15, -0.1) is 0 Å². The molecule has 0 aromatic heterocycles. The molecule has 22 heavy (non-hydrogen) atoms. The second-order valence-electron chi connectivity index (χ2n) is 4.87. The molecule has 3 rings (SSSR count). The average molecular weight is 311 g/mol. The van der Waals surface area contributed by atoms with Crippen LogP contribution in [-0.4, -0.2) is 11.4 Å². The van der Waals surface area contributed by atoms with Crippen molar-refractivity contribution in [3.05, 3.63) is 77.3 Å². The van der Waals surface area contributed by atoms with Crippen LogP contribution in [0.2, 0.25) is 0 Å². The fourth-order valence-electron chi connectivity index (χ4n) is 2.09. The zero-order valence-electron chi connectivity index (χ0n) is 12.0. The van der Waals surface area contributed by atoms with Gasteiger partial charge in [0.25, 0.3) is 5.91 Å². The summed E-state index contributed by atoms with van der Waals surface area (Å²) in [5.74, 6) is -0.0892. The number of thioether (sulfide) groups is 1. The lowest BCUT2D eigenvalue weighted by molar-refractivity contribution is -0.118. The van der Waals surface area contributed by atoms with E-state index in [2.05, 4.69) is 16.0 Å². The van der Waals surface area contributed by atoms with Crippen molar-refractivity contribution >= 4 is 23.4 Å². The fraction of sp³-hybridized carbons (Fsp3) is 0.118. The Morgan fingerprint density at radius 1 is 1.05 bits per heavy atom. The Labute approximate surface area is 134 Å². The first kappa shape index (κ1) is 14.5. The van der Waals surface area contributed by atoms with Gasteiger partial charge in [0.1, 0.15) is 11.2 Å². The fourth-order valence-corrected chi connectivity index (χ4v) is 2.94. The summed E-state index contributed by atoms with van der Waals surface area (Å²) in [6.45, 7) is 0.528. The van der Waals surface area contributed by atoms with E-state index in [0.29, 0.717) is 12.2 Å². The molecule has 1 aliphatic rings. The molecule has 0 saturated heterocycles. The van der Waals surface area contributed by atoms with Gasteiger partial charge >= 0.3 is 0 Å². The van der Waals surface area contributed by atoms with Gasteiger partial charge in [0.05, 0.1) is 0 Å². The van der Waals surface area contributed by atoms with Gasteiger partial charge in [-0.3, -0.25) is 4.79 Å². The summed E-state index contributed by atoms with van der Waals surface area (Å²) in [6, 6.07) is 19.8. The van der Waals surface area contributed by atoms with Crippen LogP contribution in [0.1, 0.15) is 5.56 Å². The van der Waals surface area contributed by atoms with Crippen molar-refractivity contribution in [2.24, 2.45) is 0 Å². The summed E-state index contributed by atoms with van der Waals surface area (Å²) in [6.07, 6.45) is 0. The Hall–Kier alpha value is -2.40. The quantitative estimate of drug-likeness (QED) is 0.795. The molecule has 112 valence electrons. The van der Waals surface area contributed by atoms with Gasteiger partial charge in [-0.2, -0.15) is 0 Å². The summed E-state index contributed by atoms with van der Waals surface area (Å²) in [7, 11) is 0. The number of benzene rings is 2. The first-order valence-electron chi connectivity index (χ1n) is 7.07. The number of anilines is 1. The van der Waals surface area contributed by atoms with Gasteiger partial charge in [-0.1, -0.05) is 60.3 Å². The summed E-state index contributed by atoms with van der Waals surface area (Å²) in [4.78, 5) is 12.1. The number of carbonyl (C=O) groups excluding carboxylic acids is 1. The van der Waals surface area contributed by atoms with Crippen molar-refractivity contribution < 1.29 is 4.79 Å². The van der Waals surface area contributed by atoms with Crippen LogP contribution < -0.4 is 16.0 Å². The minimum atomic E-state index is -0.0892. The van der Waals surface area contributed by atoms with Crippen LogP contribution in [-0.2, 0) is 11.3 Å². The van der Waals surface area contributed by atoms with E-state index in [1.165, 1.54) is 0 Å². The van der Waals surface area contributed by atoms with E-state index in [1.807, 2.05) is 66.1 Å². The van der Waals surface area contributed by atoms with E-state index in [1.54, 1.807) is 11.8 Å². The van der Waals surface area contributed by atoms with E-state index in [-0.39, 0.29) is 11.4 Å². The highest BCUT2D eigenvalue weighted by Gasteiger charge is 2.21. The molecule has 0 bridgehead atoms. The standard InChI is InChI=1S/C17H17N3OS/c21-16(18-11-13-7-3-1-4-8-13)15-12-22-17(20-15)19-14-9-5-2-6-10-14/h1-10,12,17,19-20H,11H2,(H,18,21). The predicted molar refractivity (Wildman–Crippen MR) is 91.0 cm³/mol. The van der Waals surface area contributed by atoms with Gasteiger partial charge < -0.3 is 16.0 Å². The number of hydrogen-bond acceptors (Lipinski definition) is 4. The summed E-state index contributed by atoms with van der Waals surface area (Å²) in [5.41, 5.74) is 2.67. The monoisotopic (exact) mass is 311 g/mol. The van der Waals surface area contributed by atoms with Crippen molar-refractivity contribution in [2.45, 2.75) is 12.0 Å². The average Bonchev–Trinajstić information content (AvgIpc) is 3.03. The van der Waals surface area contributed by atoms with Crippen molar-refractivity contribution in [2.75, 3.05) is 5.32 Å². The van der Waals surface area contributed by atoms with Crippen molar-refractivity contribution in [3.63, 3.8) is 0 Å². The molecule has 2 aromatic carbocycles. The topological polar surface area (TPSA) is 53.2 Å². The first-order chi connectivity index (χ1) is 10.8. The number of rotatable bonds is 5. The third-order valence-electron chi connectivity index (χ3n) is 3.22. The Bertz CT molecular complexity index is 658. The Morgan fingerprint density at radius 3 is 2.45 bits per heavy atom. The van der Waals surface area contributed by atoms with Crippen molar-refractivity contribution in [3.8, 4) is 0 Å². The Kier molecular flexibility index (Phi) is 4.65. The van der Waals surface area contributed by atoms with E-state index in [4.69, 9.17) is 0 Å². The molecule has 0 fully saturated rings. The number of amides is 1. The molecule has 5 heteroatoms. The molecular formula is C17H17N3OS. The third kappa shape index (κ3) is 3.83. The zero-order chi connectivity index (χ0) is 15.2. The van der Waals surface area contributed by atoms with Gasteiger partial charge in [0.2, 0.25) is 0 Å². The van der Waals surface area contributed by atoms with E-state index in [0.717, 1.165) is 11.3 Å². The van der Waals surface area contributed by atoms with E-state index in [9.17, 15) is 4.79 Å². The maximum atomic E-state index is 12.1. The molecule has 1 aliphatic heterocycles. The third-order valence-corrected chi connectivity index (χ3v) is 4.10. The lowest BCUT2D eigenvalue weighted by Gasteiger charge is -2.15. The molecule has 1 amide bonds. The van der Waals surface area contributed by atoms with Crippen LogP contribution in [0.15, 0.2) is 71.8 Å². The second-order valence-corrected chi connectivity index (χ2v) is 5.85. The minimum Gasteiger partial charge on any atom is -0.357 e. The largest absolute Gasteiger partial charge is 0.357 e. The Balaban J connectivity index is 1.48. The van der Waals surface area contributed by atoms with Crippen LogP contribution in [0.4, 0.5) is 5.69 Å². The number of para-hydroxylation sites is 1. The Morgan fingerprint density at radius 2 is 1.73 bits per heavy atom. The predicted octanol–water partition coefficient (Wildman–Crippen LogP) is 2.88. The van der Waals surface area contributed by atoms with Crippen LogP contribution >= 0.6 is 11.8 Å². The SMILES string of the molecule is O=C(NCc1ccccc1)C1=CSC(Nc2ccccc2)N1. The van der Waals surface area contributed by atoms with Gasteiger partial charge in [-0.05, 0) is 17.7 Å². The van der Waals surface area contributed by atoms with Crippen LogP contribution in [0.3, 0.4) is 0 Å². The second kappa shape index (κ2) is 7.04. The number of nitrogens with one attached hydrogen (secondary N) is 3. The molecular weight excluding hydrogens is 294 g/mol. The molecule has 4 nitrogen and oxygen atoms in total. The van der Waals surface area contributed by atoms with Crippen LogP contribution in [0.25, 0.3) is 0 Å². The number of carbonyl (C=O) groups is 1. The molecule has 3 N–H and O–H groups in total.